The SMILES string of the molecule is CC1C2CCCCC2OC(C)(C)C1C. The quantitative estimate of drug-likeness (QED) is 0.575. The minimum atomic E-state index is 0.0952. The lowest BCUT2D eigenvalue weighted by Gasteiger charge is -2.51. The Kier molecular flexibility index (Phi) is 2.63. The van der Waals surface area contributed by atoms with Crippen LogP contribution in [0.25, 0.3) is 0 Å². The van der Waals surface area contributed by atoms with Gasteiger partial charge in [0.1, 0.15) is 0 Å². The molecule has 1 aliphatic carbocycles. The Labute approximate surface area is 88.2 Å². The van der Waals surface area contributed by atoms with Crippen molar-refractivity contribution < 1.29 is 4.74 Å². The van der Waals surface area contributed by atoms with Crippen molar-refractivity contribution in [1.82, 2.24) is 0 Å². The predicted octanol–water partition coefficient (Wildman–Crippen LogP) is 3.63. The van der Waals surface area contributed by atoms with Crippen LogP contribution in [0.1, 0.15) is 53.4 Å². The van der Waals surface area contributed by atoms with Crippen molar-refractivity contribution in [2.45, 2.75) is 65.1 Å². The Hall–Kier alpha value is -0.0400. The van der Waals surface area contributed by atoms with Crippen molar-refractivity contribution in [2.75, 3.05) is 0 Å². The molecule has 1 heterocycles. The fourth-order valence-electron chi connectivity index (χ4n) is 3.37. The Balaban J connectivity index is 2.15. The summed E-state index contributed by atoms with van der Waals surface area (Å²) in [7, 11) is 0. The third-order valence-electron chi connectivity index (χ3n) is 4.77. The van der Waals surface area contributed by atoms with Gasteiger partial charge in [0.15, 0.2) is 0 Å². The van der Waals surface area contributed by atoms with E-state index in [0.717, 1.165) is 11.8 Å². The molecule has 4 unspecified atom stereocenters. The molecule has 0 bridgehead atoms. The zero-order chi connectivity index (χ0) is 10.3. The largest absolute Gasteiger partial charge is 0.372 e. The molecular formula is C13H24O. The number of hydrogen-bond acceptors (Lipinski definition) is 1. The van der Waals surface area contributed by atoms with Gasteiger partial charge in [0, 0.05) is 0 Å². The van der Waals surface area contributed by atoms with E-state index in [1.54, 1.807) is 0 Å². The Bertz CT molecular complexity index is 207. The monoisotopic (exact) mass is 196 g/mol. The van der Waals surface area contributed by atoms with Gasteiger partial charge in [-0.15, -0.1) is 0 Å². The van der Waals surface area contributed by atoms with Gasteiger partial charge in [-0.25, -0.2) is 0 Å². The first kappa shape index (κ1) is 10.5. The number of fused-ring (bicyclic) bond motifs is 1. The first-order valence-corrected chi connectivity index (χ1v) is 6.20. The van der Waals surface area contributed by atoms with Gasteiger partial charge < -0.3 is 4.74 Å². The Morgan fingerprint density at radius 1 is 1.07 bits per heavy atom. The predicted molar refractivity (Wildman–Crippen MR) is 59.2 cm³/mol. The smallest absolute Gasteiger partial charge is 0.0658 e. The molecule has 0 aromatic carbocycles. The van der Waals surface area contributed by atoms with Crippen LogP contribution in [0.3, 0.4) is 0 Å². The summed E-state index contributed by atoms with van der Waals surface area (Å²) in [5.74, 6) is 2.37. The van der Waals surface area contributed by atoms with Crippen LogP contribution in [-0.2, 0) is 4.74 Å². The van der Waals surface area contributed by atoms with E-state index >= 15 is 0 Å². The van der Waals surface area contributed by atoms with Crippen LogP contribution >= 0.6 is 0 Å². The van der Waals surface area contributed by atoms with Crippen LogP contribution in [0.2, 0.25) is 0 Å². The minimum absolute atomic E-state index is 0.0952. The molecule has 2 rings (SSSR count). The van der Waals surface area contributed by atoms with Crippen molar-refractivity contribution in [2.24, 2.45) is 17.8 Å². The van der Waals surface area contributed by atoms with Gasteiger partial charge in [-0.1, -0.05) is 26.7 Å². The summed E-state index contributed by atoms with van der Waals surface area (Å²) in [4.78, 5) is 0. The maximum atomic E-state index is 6.26. The summed E-state index contributed by atoms with van der Waals surface area (Å²) in [6.07, 6.45) is 6.04. The molecule has 0 N–H and O–H groups in total. The fraction of sp³-hybridized carbons (Fsp3) is 1.00. The van der Waals surface area contributed by atoms with Crippen LogP contribution < -0.4 is 0 Å². The van der Waals surface area contributed by atoms with E-state index in [0.29, 0.717) is 12.0 Å². The van der Waals surface area contributed by atoms with Gasteiger partial charge in [0.05, 0.1) is 11.7 Å². The van der Waals surface area contributed by atoms with Crippen molar-refractivity contribution in [1.29, 1.82) is 0 Å². The molecule has 2 fully saturated rings. The van der Waals surface area contributed by atoms with E-state index in [1.807, 2.05) is 0 Å². The second-order valence-electron chi connectivity index (χ2n) is 5.86. The van der Waals surface area contributed by atoms with E-state index in [-0.39, 0.29) is 5.60 Å². The van der Waals surface area contributed by atoms with Gasteiger partial charge in [-0.3, -0.25) is 0 Å². The fourth-order valence-corrected chi connectivity index (χ4v) is 3.37. The highest BCUT2D eigenvalue weighted by Gasteiger charge is 2.45. The molecule has 1 heteroatoms. The topological polar surface area (TPSA) is 9.23 Å². The minimum Gasteiger partial charge on any atom is -0.372 e. The van der Waals surface area contributed by atoms with E-state index in [1.165, 1.54) is 25.7 Å². The molecule has 0 radical (unpaired) electrons. The van der Waals surface area contributed by atoms with E-state index < -0.39 is 0 Å². The number of rotatable bonds is 0. The average molecular weight is 196 g/mol. The van der Waals surface area contributed by atoms with E-state index in [2.05, 4.69) is 27.7 Å². The van der Waals surface area contributed by atoms with Gasteiger partial charge in [-0.2, -0.15) is 0 Å². The van der Waals surface area contributed by atoms with Crippen LogP contribution in [0, 0.1) is 17.8 Å². The first-order chi connectivity index (χ1) is 6.52. The zero-order valence-corrected chi connectivity index (χ0v) is 10.0. The molecule has 0 aromatic rings. The van der Waals surface area contributed by atoms with Crippen molar-refractivity contribution in [3.8, 4) is 0 Å². The lowest BCUT2D eigenvalue weighted by molar-refractivity contribution is -0.196. The summed E-state index contributed by atoms with van der Waals surface area (Å²) >= 11 is 0. The van der Waals surface area contributed by atoms with Crippen molar-refractivity contribution in [3.05, 3.63) is 0 Å². The molecular weight excluding hydrogens is 172 g/mol. The van der Waals surface area contributed by atoms with Gasteiger partial charge in [0.25, 0.3) is 0 Å². The van der Waals surface area contributed by atoms with Crippen molar-refractivity contribution in [3.63, 3.8) is 0 Å². The molecule has 1 saturated heterocycles. The normalized spacial score (nSPS) is 47.1. The molecule has 1 aliphatic heterocycles. The second kappa shape index (κ2) is 3.52. The zero-order valence-electron chi connectivity index (χ0n) is 10.0. The Morgan fingerprint density at radius 2 is 1.71 bits per heavy atom. The summed E-state index contributed by atoms with van der Waals surface area (Å²) in [6.45, 7) is 9.31. The highest BCUT2D eigenvalue weighted by Crippen LogP contribution is 2.46. The number of hydrogen-bond donors (Lipinski definition) is 0. The third kappa shape index (κ3) is 1.60. The molecule has 82 valence electrons. The lowest BCUT2D eigenvalue weighted by Crippen LogP contribution is -2.52. The average Bonchev–Trinajstić information content (AvgIpc) is 2.14. The maximum Gasteiger partial charge on any atom is 0.0658 e. The standard InChI is InChI=1S/C13H24O/c1-9-10(2)13(3,4)14-12-8-6-5-7-11(9)12/h9-12H,5-8H2,1-4H3. The molecule has 1 nitrogen and oxygen atoms in total. The van der Waals surface area contributed by atoms with E-state index in [4.69, 9.17) is 4.74 Å². The second-order valence-corrected chi connectivity index (χ2v) is 5.86. The van der Waals surface area contributed by atoms with Crippen LogP contribution in [-0.4, -0.2) is 11.7 Å². The summed E-state index contributed by atoms with van der Waals surface area (Å²) < 4.78 is 6.26. The molecule has 14 heavy (non-hydrogen) atoms. The molecule has 0 amide bonds. The van der Waals surface area contributed by atoms with Crippen molar-refractivity contribution >= 4 is 0 Å². The summed E-state index contributed by atoms with van der Waals surface area (Å²) in [6, 6.07) is 0. The van der Waals surface area contributed by atoms with Gasteiger partial charge in [0.2, 0.25) is 0 Å². The van der Waals surface area contributed by atoms with E-state index in [9.17, 15) is 0 Å². The third-order valence-corrected chi connectivity index (χ3v) is 4.77. The van der Waals surface area contributed by atoms with Crippen LogP contribution in [0.5, 0.6) is 0 Å². The molecule has 1 saturated carbocycles. The summed E-state index contributed by atoms with van der Waals surface area (Å²) in [5, 5.41) is 0. The maximum absolute atomic E-state index is 6.26. The summed E-state index contributed by atoms with van der Waals surface area (Å²) in [5.41, 5.74) is 0.0952. The van der Waals surface area contributed by atoms with Gasteiger partial charge in [-0.05, 0) is 44.4 Å². The van der Waals surface area contributed by atoms with Gasteiger partial charge >= 0.3 is 0 Å². The first-order valence-electron chi connectivity index (χ1n) is 6.20. The highest BCUT2D eigenvalue weighted by molar-refractivity contribution is 4.94. The Morgan fingerprint density at radius 3 is 2.43 bits per heavy atom. The van der Waals surface area contributed by atoms with Crippen LogP contribution in [0.4, 0.5) is 0 Å². The molecule has 0 spiro atoms. The molecule has 0 aromatic heterocycles. The lowest BCUT2D eigenvalue weighted by atomic mass is 9.67. The number of ether oxygens (including phenoxy) is 1. The van der Waals surface area contributed by atoms with Crippen LogP contribution in [0.15, 0.2) is 0 Å². The molecule has 4 atom stereocenters. The highest BCUT2D eigenvalue weighted by atomic mass is 16.5. The molecule has 2 aliphatic rings.